The zero-order chi connectivity index (χ0) is 18.4. The number of nitrogens with zero attached hydrogens (tertiary/aromatic N) is 1. The Morgan fingerprint density at radius 1 is 1.28 bits per heavy atom. The number of rotatable bonds is 5. The molecule has 0 aliphatic carbocycles. The van der Waals surface area contributed by atoms with Crippen LogP contribution in [0.25, 0.3) is 6.08 Å². The summed E-state index contributed by atoms with van der Waals surface area (Å²) in [5.74, 6) is -1.25. The van der Waals surface area contributed by atoms with Crippen molar-refractivity contribution in [1.82, 2.24) is 0 Å². The van der Waals surface area contributed by atoms with Crippen molar-refractivity contribution < 1.29 is 19.4 Å². The molecule has 5 nitrogen and oxygen atoms in total. The van der Waals surface area contributed by atoms with Gasteiger partial charge in [-0.2, -0.15) is 0 Å². The molecule has 0 radical (unpaired) electrons. The Kier molecular flexibility index (Phi) is 6.90. The fraction of sp³-hybridized carbons (Fsp3) is 0.278. The first-order valence-electron chi connectivity index (χ1n) is 7.76. The third-order valence-electron chi connectivity index (χ3n) is 3.31. The van der Waals surface area contributed by atoms with Gasteiger partial charge in [0, 0.05) is 11.3 Å². The molecule has 1 aromatic rings. The molecule has 0 aromatic heterocycles. The Labute approximate surface area is 155 Å². The summed E-state index contributed by atoms with van der Waals surface area (Å²) in [6, 6.07) is 7.78. The van der Waals surface area contributed by atoms with Crippen molar-refractivity contribution in [2.75, 3.05) is 12.9 Å². The second-order valence-corrected chi connectivity index (χ2v) is 6.90. The molecule has 0 spiro atoms. The molecule has 1 heterocycles. The van der Waals surface area contributed by atoms with E-state index >= 15 is 0 Å². The Morgan fingerprint density at radius 3 is 2.52 bits per heavy atom. The summed E-state index contributed by atoms with van der Waals surface area (Å²) in [7, 11) is 0. The zero-order valence-electron chi connectivity index (χ0n) is 14.2. The predicted octanol–water partition coefficient (Wildman–Crippen LogP) is 4.21. The zero-order valence-corrected chi connectivity index (χ0v) is 15.9. The predicted molar refractivity (Wildman–Crippen MR) is 103 cm³/mol. The number of aliphatic imine (C=N–C) groups is 1. The molecule has 1 aliphatic heterocycles. The van der Waals surface area contributed by atoms with E-state index in [0.717, 1.165) is 22.2 Å². The van der Waals surface area contributed by atoms with Gasteiger partial charge >= 0.3 is 5.97 Å². The minimum Gasteiger partial charge on any atom is -0.506 e. The minimum atomic E-state index is -0.684. The van der Waals surface area contributed by atoms with Gasteiger partial charge in [0.25, 0.3) is 0 Å². The summed E-state index contributed by atoms with van der Waals surface area (Å²) in [5.41, 5.74) is 0.818. The van der Waals surface area contributed by atoms with Gasteiger partial charge in [-0.25, -0.2) is 9.79 Å². The molecule has 2 rings (SSSR count). The standard InChI is InChI=1S/C18H19NO4S2/c1-4-14(20)19-17-15(18(22)23-5-2)16(21)13(25-17)10-11-6-8-12(24-3)9-7-11/h6-10,21H,4-5H2,1-3H3/b13-10-,19-17?. The monoisotopic (exact) mass is 377 g/mol. The normalized spacial score (nSPS) is 17.4. The number of amides is 1. The number of thioether (sulfide) groups is 2. The van der Waals surface area contributed by atoms with Crippen LogP contribution in [0.2, 0.25) is 0 Å². The summed E-state index contributed by atoms with van der Waals surface area (Å²) in [4.78, 5) is 29.3. The Morgan fingerprint density at radius 2 is 1.96 bits per heavy atom. The molecule has 0 bridgehead atoms. The number of ether oxygens (including phenoxy) is 1. The van der Waals surface area contributed by atoms with Gasteiger partial charge in [0.15, 0.2) is 0 Å². The maximum Gasteiger partial charge on any atom is 0.344 e. The first-order valence-corrected chi connectivity index (χ1v) is 9.80. The number of aliphatic hydroxyl groups excluding tert-OH is 1. The highest BCUT2D eigenvalue weighted by Crippen LogP contribution is 2.39. The molecule has 0 saturated heterocycles. The smallest absolute Gasteiger partial charge is 0.344 e. The van der Waals surface area contributed by atoms with Crippen molar-refractivity contribution in [2.45, 2.75) is 25.2 Å². The fourth-order valence-corrected chi connectivity index (χ4v) is 3.48. The van der Waals surface area contributed by atoms with Crippen molar-refractivity contribution >= 4 is 46.5 Å². The lowest BCUT2D eigenvalue weighted by Gasteiger charge is -2.02. The lowest BCUT2D eigenvalue weighted by molar-refractivity contribution is -0.138. The van der Waals surface area contributed by atoms with Gasteiger partial charge in [0.1, 0.15) is 16.4 Å². The third kappa shape index (κ3) is 4.76. The highest BCUT2D eigenvalue weighted by Gasteiger charge is 2.33. The molecule has 0 saturated carbocycles. The molecule has 132 valence electrons. The molecule has 1 amide bonds. The average molecular weight is 377 g/mol. The number of benzene rings is 1. The van der Waals surface area contributed by atoms with Crippen LogP contribution in [0.1, 0.15) is 25.8 Å². The molecule has 7 heteroatoms. The Bertz CT molecular complexity index is 764. The van der Waals surface area contributed by atoms with Gasteiger partial charge < -0.3 is 9.84 Å². The number of esters is 1. The Hall–Kier alpha value is -1.99. The van der Waals surface area contributed by atoms with E-state index in [0.29, 0.717) is 4.91 Å². The molecule has 1 aliphatic rings. The van der Waals surface area contributed by atoms with Gasteiger partial charge in [-0.15, -0.1) is 11.8 Å². The average Bonchev–Trinajstić information content (AvgIpc) is 2.91. The Balaban J connectivity index is 2.42. The van der Waals surface area contributed by atoms with Crippen LogP contribution < -0.4 is 0 Å². The van der Waals surface area contributed by atoms with E-state index in [1.54, 1.807) is 31.7 Å². The summed E-state index contributed by atoms with van der Waals surface area (Å²) in [5, 5.41) is 10.6. The van der Waals surface area contributed by atoms with E-state index in [1.807, 2.05) is 30.5 Å². The lowest BCUT2D eigenvalue weighted by Crippen LogP contribution is -2.14. The lowest BCUT2D eigenvalue weighted by atomic mass is 10.1. The van der Waals surface area contributed by atoms with E-state index in [4.69, 9.17) is 4.74 Å². The molecule has 1 N–H and O–H groups in total. The van der Waals surface area contributed by atoms with Gasteiger partial charge in [0.2, 0.25) is 5.91 Å². The molecule has 1 aromatic carbocycles. The van der Waals surface area contributed by atoms with Gasteiger partial charge in [0.05, 0.1) is 11.5 Å². The van der Waals surface area contributed by atoms with E-state index in [-0.39, 0.29) is 35.3 Å². The SMILES string of the molecule is CCOC(=O)C1=C(O)/C(=C/c2ccc(SC)cc2)SC1=NC(=O)CC. The van der Waals surface area contributed by atoms with Crippen molar-refractivity contribution in [2.24, 2.45) is 4.99 Å². The maximum atomic E-state index is 12.1. The minimum absolute atomic E-state index is 0.0550. The van der Waals surface area contributed by atoms with Crippen LogP contribution in [0.3, 0.4) is 0 Å². The van der Waals surface area contributed by atoms with E-state index in [1.165, 1.54) is 0 Å². The van der Waals surface area contributed by atoms with Crippen molar-refractivity contribution in [3.05, 3.63) is 46.1 Å². The largest absolute Gasteiger partial charge is 0.506 e. The van der Waals surface area contributed by atoms with Crippen LogP contribution in [-0.2, 0) is 14.3 Å². The summed E-state index contributed by atoms with van der Waals surface area (Å²) >= 11 is 2.73. The third-order valence-corrected chi connectivity index (χ3v) is 5.08. The van der Waals surface area contributed by atoms with Crippen LogP contribution in [0, 0.1) is 0 Å². The molecule has 0 fully saturated rings. The number of aliphatic hydroxyl groups is 1. The second kappa shape index (κ2) is 8.92. The van der Waals surface area contributed by atoms with Crippen LogP contribution in [-0.4, -0.2) is 34.9 Å². The van der Waals surface area contributed by atoms with Crippen LogP contribution >= 0.6 is 23.5 Å². The van der Waals surface area contributed by atoms with E-state index in [9.17, 15) is 14.7 Å². The number of hydrogen-bond acceptors (Lipinski definition) is 6. The van der Waals surface area contributed by atoms with E-state index < -0.39 is 5.97 Å². The van der Waals surface area contributed by atoms with Gasteiger partial charge in [-0.05, 0) is 37.0 Å². The fourth-order valence-electron chi connectivity index (χ4n) is 2.04. The number of carbonyl (C=O) groups excluding carboxylic acids is 2. The topological polar surface area (TPSA) is 76.0 Å². The molecular weight excluding hydrogens is 358 g/mol. The molecular formula is C18H19NO4S2. The van der Waals surface area contributed by atoms with Gasteiger partial charge in [-0.3, -0.25) is 4.79 Å². The first kappa shape index (κ1) is 19.3. The first-order chi connectivity index (χ1) is 12.0. The van der Waals surface area contributed by atoms with Crippen molar-refractivity contribution in [3.8, 4) is 0 Å². The quantitative estimate of drug-likeness (QED) is 0.612. The second-order valence-electron chi connectivity index (χ2n) is 4.99. The van der Waals surface area contributed by atoms with Crippen molar-refractivity contribution in [3.63, 3.8) is 0 Å². The highest BCUT2D eigenvalue weighted by atomic mass is 32.2. The van der Waals surface area contributed by atoms with Crippen LogP contribution in [0.4, 0.5) is 0 Å². The summed E-state index contributed by atoms with van der Waals surface area (Å²) < 4.78 is 4.98. The summed E-state index contributed by atoms with van der Waals surface area (Å²) in [6.07, 6.45) is 3.96. The van der Waals surface area contributed by atoms with Crippen LogP contribution in [0.5, 0.6) is 0 Å². The molecule has 0 atom stereocenters. The molecule has 25 heavy (non-hydrogen) atoms. The number of hydrogen-bond donors (Lipinski definition) is 1. The highest BCUT2D eigenvalue weighted by molar-refractivity contribution is 8.18. The number of carbonyl (C=O) groups is 2. The van der Waals surface area contributed by atoms with Gasteiger partial charge in [-0.1, -0.05) is 30.8 Å². The maximum absolute atomic E-state index is 12.1. The van der Waals surface area contributed by atoms with E-state index in [2.05, 4.69) is 4.99 Å². The van der Waals surface area contributed by atoms with Crippen LogP contribution in [0.15, 0.2) is 50.4 Å². The molecule has 0 unspecified atom stereocenters. The summed E-state index contributed by atoms with van der Waals surface area (Å²) in [6.45, 7) is 3.53. The van der Waals surface area contributed by atoms with Crippen molar-refractivity contribution in [1.29, 1.82) is 0 Å².